The zero-order valence-electron chi connectivity index (χ0n) is 53.8. The van der Waals surface area contributed by atoms with Gasteiger partial charge in [0.15, 0.2) is 35.1 Å². The monoisotopic (exact) mass is 1310 g/mol. The van der Waals surface area contributed by atoms with Gasteiger partial charge in [0.2, 0.25) is 20.0 Å². The summed E-state index contributed by atoms with van der Waals surface area (Å²) in [6.45, 7) is 19.0. The van der Waals surface area contributed by atoms with E-state index in [2.05, 4.69) is 10.6 Å². The highest BCUT2D eigenvalue weighted by Gasteiger charge is 2.45. The van der Waals surface area contributed by atoms with E-state index >= 15 is 0 Å². The Labute approximate surface area is 535 Å². The molecular weight excluding hydrogens is 1220 g/mol. The molecule has 3 fully saturated rings. The van der Waals surface area contributed by atoms with E-state index in [0.29, 0.717) is 94.9 Å². The quantitative estimate of drug-likeness (QED) is 0.0442. The third kappa shape index (κ3) is 20.4. The minimum absolute atomic E-state index is 0.00291. The van der Waals surface area contributed by atoms with Crippen molar-refractivity contribution < 1.29 is 88.8 Å². The number of benzene rings is 4. The SMILES string of the molecule is CC(=O)CCC(C)(C)CN(CC(O)[C@H](Cc1ccccc1)NC(=O)OC1COC2OCCC12)S(=O)(=O)c1ccc2c(c1)OCCO2.CC(C)(CCC1(C)OCCO1)CN(CC(O)[C@H](Cc1ccccc1)NC(=O)OC(C)(C)C)S(=O)(=O)c1ccc2c(c1)OCCO2. The van der Waals surface area contributed by atoms with Crippen LogP contribution in [0.4, 0.5) is 9.59 Å². The molecule has 0 aromatic heterocycles. The fourth-order valence-electron chi connectivity index (χ4n) is 11.4. The number of aliphatic hydroxyl groups excluding tert-OH is 2. The smallest absolute Gasteiger partial charge is 0.407 e. The molecule has 23 nitrogen and oxygen atoms in total. The lowest BCUT2D eigenvalue weighted by molar-refractivity contribution is -0.151. The highest BCUT2D eigenvalue weighted by molar-refractivity contribution is 7.89. The summed E-state index contributed by atoms with van der Waals surface area (Å²) in [6.07, 6.45) is -1.84. The van der Waals surface area contributed by atoms with Gasteiger partial charge in [0, 0.05) is 51.2 Å². The molecule has 4 aromatic rings. The van der Waals surface area contributed by atoms with Crippen LogP contribution in [0.2, 0.25) is 0 Å². The normalized spacial score (nSPS) is 20.1. The lowest BCUT2D eigenvalue weighted by Gasteiger charge is -2.36. The van der Waals surface area contributed by atoms with Gasteiger partial charge in [0.25, 0.3) is 0 Å². The second-order valence-corrected chi connectivity index (χ2v) is 30.4. The van der Waals surface area contributed by atoms with Gasteiger partial charge in [-0.1, -0.05) is 88.4 Å². The number of ketones is 1. The van der Waals surface area contributed by atoms with Crippen molar-refractivity contribution in [1.82, 2.24) is 19.2 Å². The second-order valence-electron chi connectivity index (χ2n) is 26.6. The Bertz CT molecular complexity index is 3290. The lowest BCUT2D eigenvalue weighted by Crippen LogP contribution is -2.52. The number of carbonyl (C=O) groups is 3. The maximum atomic E-state index is 14.3. The number of alkyl carbamates (subject to hydrolysis) is 2. The highest BCUT2D eigenvalue weighted by atomic mass is 32.2. The molecule has 0 bridgehead atoms. The summed E-state index contributed by atoms with van der Waals surface area (Å²) in [4.78, 5) is 37.8. The van der Waals surface area contributed by atoms with Gasteiger partial charge in [-0.15, -0.1) is 0 Å². The molecule has 91 heavy (non-hydrogen) atoms. The number of amides is 2. The first kappa shape index (κ1) is 70.7. The van der Waals surface area contributed by atoms with E-state index < -0.39 is 91.1 Å². The number of fused-ring (bicyclic) bond motifs is 3. The Hall–Kier alpha value is -6.13. The molecule has 0 radical (unpaired) electrons. The predicted molar refractivity (Wildman–Crippen MR) is 336 cm³/mol. The largest absolute Gasteiger partial charge is 0.486 e. The van der Waals surface area contributed by atoms with Crippen LogP contribution in [0.1, 0.15) is 106 Å². The molecule has 5 aliphatic heterocycles. The number of Topliss-reactive ketones (excluding diaryl/α,β-unsaturated/α-hetero) is 1. The van der Waals surface area contributed by atoms with E-state index in [4.69, 9.17) is 47.4 Å². The molecule has 2 amide bonds. The number of nitrogens with zero attached hydrogens (tertiary/aromatic N) is 2. The molecule has 5 aliphatic rings. The molecule has 4 N–H and O–H groups in total. The van der Waals surface area contributed by atoms with Crippen LogP contribution in [0.5, 0.6) is 23.0 Å². The summed E-state index contributed by atoms with van der Waals surface area (Å²) in [7, 11) is -8.33. The molecule has 3 saturated heterocycles. The van der Waals surface area contributed by atoms with E-state index in [1.165, 1.54) is 39.8 Å². The number of carbonyl (C=O) groups excluding carboxylic acids is 3. The minimum atomic E-state index is -4.19. The van der Waals surface area contributed by atoms with Gasteiger partial charge in [-0.3, -0.25) is 0 Å². The van der Waals surface area contributed by atoms with Crippen LogP contribution >= 0.6 is 0 Å². The lowest BCUT2D eigenvalue weighted by atomic mass is 9.86. The fourth-order valence-corrected chi connectivity index (χ4v) is 14.7. The van der Waals surface area contributed by atoms with Gasteiger partial charge in [0.1, 0.15) is 43.9 Å². The Kier molecular flexibility index (Phi) is 23.9. The van der Waals surface area contributed by atoms with E-state index in [1.807, 2.05) is 95.3 Å². The molecule has 5 heterocycles. The molecule has 7 atom stereocenters. The summed E-state index contributed by atoms with van der Waals surface area (Å²) in [5, 5.41) is 29.0. The van der Waals surface area contributed by atoms with Crippen LogP contribution in [0.25, 0.3) is 0 Å². The second kappa shape index (κ2) is 30.7. The predicted octanol–water partition coefficient (Wildman–Crippen LogP) is 7.82. The number of hydrogen-bond acceptors (Lipinski definition) is 19. The van der Waals surface area contributed by atoms with Gasteiger partial charge in [-0.2, -0.15) is 8.61 Å². The summed E-state index contributed by atoms with van der Waals surface area (Å²) in [5.41, 5.74) is -0.206. The van der Waals surface area contributed by atoms with Crippen LogP contribution in [0, 0.1) is 16.7 Å². The van der Waals surface area contributed by atoms with Crippen molar-refractivity contribution in [2.45, 2.75) is 165 Å². The molecular formula is C66H92N4O19S2. The van der Waals surface area contributed by atoms with Gasteiger partial charge in [0.05, 0.1) is 66.4 Å². The van der Waals surface area contributed by atoms with Crippen LogP contribution < -0.4 is 29.6 Å². The molecule has 4 aromatic carbocycles. The van der Waals surface area contributed by atoms with Crippen LogP contribution in [-0.4, -0.2) is 181 Å². The molecule has 25 heteroatoms. The van der Waals surface area contributed by atoms with Gasteiger partial charge < -0.3 is 73.0 Å². The average molecular weight is 1310 g/mol. The molecule has 502 valence electrons. The summed E-state index contributed by atoms with van der Waals surface area (Å²) >= 11 is 0. The van der Waals surface area contributed by atoms with Crippen LogP contribution in [0.3, 0.4) is 0 Å². The standard InChI is InChI=1S/C33H44N2O10S.C33H48N2O9S/c1-22(36)11-13-33(2,3)21-35(46(39,40)24-9-10-28-29(18-24)42-16-15-41-28)19-27(37)26(17-23-7-5-4-6-8-23)34-32(38)45-30-20-44-31-25(30)12-14-43-31;1-31(2,3)44-30(37)34-26(20-24-10-8-7-9-11-24)27(36)22-35(23-32(4,5)14-15-33(6)42-18-19-43-33)45(38,39)25-12-13-28-29(21-25)41-17-16-40-28/h4-10,18,25-27,30-31,37H,11-17,19-21H2,1-3H3,(H,34,38);7-13,21,26-27,36H,14-20,22-23H2,1-6H3,(H,34,37)/t25?,26-,27?,30?,31?;26-,27?/m00/s1. The number of aliphatic hydroxyl groups is 2. The van der Waals surface area contributed by atoms with E-state index in [-0.39, 0.29) is 73.5 Å². The van der Waals surface area contributed by atoms with E-state index in [0.717, 1.165) is 11.1 Å². The number of rotatable bonds is 27. The van der Waals surface area contributed by atoms with Crippen molar-refractivity contribution in [2.75, 3.05) is 79.0 Å². The Balaban J connectivity index is 0.000000235. The van der Waals surface area contributed by atoms with Crippen molar-refractivity contribution >= 4 is 38.0 Å². The third-order valence-electron chi connectivity index (χ3n) is 16.4. The molecule has 9 rings (SSSR count). The van der Waals surface area contributed by atoms with Gasteiger partial charge >= 0.3 is 12.2 Å². The highest BCUT2D eigenvalue weighted by Crippen LogP contribution is 2.39. The van der Waals surface area contributed by atoms with Crippen molar-refractivity contribution in [3.05, 3.63) is 108 Å². The summed E-state index contributed by atoms with van der Waals surface area (Å²) < 4.78 is 116. The zero-order chi connectivity index (χ0) is 65.8. The molecule has 5 unspecified atom stereocenters. The summed E-state index contributed by atoms with van der Waals surface area (Å²) in [5.74, 6) is 0.804. The van der Waals surface area contributed by atoms with Crippen LogP contribution in [-0.2, 0) is 66.1 Å². The van der Waals surface area contributed by atoms with E-state index in [9.17, 15) is 41.4 Å². The first-order valence-corrected chi connectivity index (χ1v) is 34.1. The first-order chi connectivity index (χ1) is 43.0. The topological polar surface area (TPSA) is 283 Å². The minimum Gasteiger partial charge on any atom is -0.486 e. The molecule has 0 aliphatic carbocycles. The van der Waals surface area contributed by atoms with E-state index in [1.54, 1.807) is 32.9 Å². The number of sulfonamides is 2. The summed E-state index contributed by atoms with van der Waals surface area (Å²) in [6, 6.07) is 25.9. The number of ether oxygens (including phenoxy) is 10. The third-order valence-corrected chi connectivity index (χ3v) is 20.0. The Morgan fingerprint density at radius 2 is 1.08 bits per heavy atom. The van der Waals surface area contributed by atoms with Gasteiger partial charge in [-0.25, -0.2) is 26.4 Å². The number of nitrogens with one attached hydrogen (secondary N) is 2. The Morgan fingerprint density at radius 1 is 0.615 bits per heavy atom. The van der Waals surface area contributed by atoms with Crippen molar-refractivity contribution in [3.63, 3.8) is 0 Å². The maximum Gasteiger partial charge on any atom is 0.407 e. The van der Waals surface area contributed by atoms with Crippen molar-refractivity contribution in [1.29, 1.82) is 0 Å². The average Bonchev–Trinajstić information content (AvgIpc) is 1.62. The fraction of sp³-hybridized carbons (Fsp3) is 0.591. The molecule has 0 saturated carbocycles. The zero-order valence-corrected chi connectivity index (χ0v) is 55.4. The first-order valence-electron chi connectivity index (χ1n) is 31.2. The van der Waals surface area contributed by atoms with Crippen molar-refractivity contribution in [2.24, 2.45) is 16.7 Å². The van der Waals surface area contributed by atoms with Gasteiger partial charge in [-0.05, 0) is 113 Å². The van der Waals surface area contributed by atoms with Crippen LogP contribution in [0.15, 0.2) is 107 Å². The van der Waals surface area contributed by atoms with Crippen molar-refractivity contribution in [3.8, 4) is 23.0 Å². The number of hydrogen-bond donors (Lipinski definition) is 4. The molecule has 0 spiro atoms. The maximum absolute atomic E-state index is 14.3. The Morgan fingerprint density at radius 3 is 1.55 bits per heavy atom.